The van der Waals surface area contributed by atoms with Crippen LogP contribution in [0.15, 0.2) is 11.6 Å². The molecule has 5 aliphatic rings. The molecule has 11 atom stereocenters. The summed E-state index contributed by atoms with van der Waals surface area (Å²) in [6.07, 6.45) is 27.1. The Hall–Kier alpha value is -0.950. The Morgan fingerprint density at radius 3 is 2.08 bits per heavy atom. The van der Waals surface area contributed by atoms with Crippen molar-refractivity contribution in [3.8, 4) is 0 Å². The second-order valence-electron chi connectivity index (χ2n) is 20.5. The SMILES string of the molecule is CCCCCCCCCCCCCCCC(=O)O[C@H]1CC[C@]2(C)[C@H]3CC[C@@]4(C)[C@H]([C@@H]5C[C@H]([C@H](O)C(C)(C)O)O[C@H]5OC)CC[C@]4(C)C3=CC[C@H]2C1(C)C. The number of rotatable bonds is 19. The first-order valence-corrected chi connectivity index (χ1v) is 22.5. The number of unbranched alkanes of at least 4 members (excludes halogenated alkanes) is 12. The fraction of sp³-hybridized carbons (Fsp3) is 0.936. The van der Waals surface area contributed by atoms with Crippen LogP contribution in [0.2, 0.25) is 0 Å². The van der Waals surface area contributed by atoms with Crippen LogP contribution in [-0.2, 0) is 19.0 Å². The lowest BCUT2D eigenvalue weighted by molar-refractivity contribution is -0.185. The maximum absolute atomic E-state index is 13.2. The minimum absolute atomic E-state index is 0.00848. The monoisotopic (exact) mass is 743 g/mol. The molecule has 53 heavy (non-hydrogen) atoms. The number of hydrogen-bond acceptors (Lipinski definition) is 6. The summed E-state index contributed by atoms with van der Waals surface area (Å²) in [4.78, 5) is 13.2. The molecule has 5 rings (SSSR count). The van der Waals surface area contributed by atoms with Gasteiger partial charge in [0.05, 0.1) is 11.7 Å². The Balaban J connectivity index is 1.13. The minimum Gasteiger partial charge on any atom is -0.462 e. The van der Waals surface area contributed by atoms with Crippen molar-refractivity contribution in [2.75, 3.05) is 7.11 Å². The number of allylic oxidation sites excluding steroid dienone is 2. The highest BCUT2D eigenvalue weighted by molar-refractivity contribution is 5.69. The lowest BCUT2D eigenvalue weighted by Gasteiger charge is -2.64. The number of fused-ring (bicyclic) bond motifs is 5. The molecule has 0 bridgehead atoms. The fourth-order valence-corrected chi connectivity index (χ4v) is 13.1. The van der Waals surface area contributed by atoms with Crippen LogP contribution < -0.4 is 0 Å². The average molecular weight is 743 g/mol. The molecule has 1 saturated heterocycles. The van der Waals surface area contributed by atoms with Gasteiger partial charge >= 0.3 is 5.97 Å². The molecule has 0 aromatic heterocycles. The van der Waals surface area contributed by atoms with Gasteiger partial charge in [0, 0.05) is 24.9 Å². The molecule has 0 aromatic rings. The molecule has 4 fully saturated rings. The van der Waals surface area contributed by atoms with Crippen molar-refractivity contribution in [1.29, 1.82) is 0 Å². The lowest BCUT2D eigenvalue weighted by Crippen LogP contribution is -2.58. The van der Waals surface area contributed by atoms with E-state index in [1.165, 1.54) is 89.9 Å². The van der Waals surface area contributed by atoms with Gasteiger partial charge < -0.3 is 24.4 Å². The van der Waals surface area contributed by atoms with E-state index in [1.54, 1.807) is 26.5 Å². The first kappa shape index (κ1) is 43.2. The van der Waals surface area contributed by atoms with Crippen molar-refractivity contribution < 1.29 is 29.2 Å². The Morgan fingerprint density at radius 2 is 1.49 bits per heavy atom. The first-order valence-electron chi connectivity index (χ1n) is 22.5. The van der Waals surface area contributed by atoms with E-state index in [9.17, 15) is 15.0 Å². The molecule has 2 N–H and O–H groups in total. The third-order valence-electron chi connectivity index (χ3n) is 16.6. The second-order valence-corrected chi connectivity index (χ2v) is 20.5. The van der Waals surface area contributed by atoms with Crippen molar-refractivity contribution in [3.63, 3.8) is 0 Å². The van der Waals surface area contributed by atoms with Gasteiger partial charge in [-0.1, -0.05) is 130 Å². The predicted octanol–water partition coefficient (Wildman–Crippen LogP) is 11.5. The number of esters is 1. The Morgan fingerprint density at radius 1 is 0.887 bits per heavy atom. The molecule has 0 amide bonds. The van der Waals surface area contributed by atoms with E-state index in [4.69, 9.17) is 14.2 Å². The van der Waals surface area contributed by atoms with E-state index in [0.29, 0.717) is 24.2 Å². The maximum Gasteiger partial charge on any atom is 0.306 e. The summed E-state index contributed by atoms with van der Waals surface area (Å²) >= 11 is 0. The predicted molar refractivity (Wildman–Crippen MR) is 215 cm³/mol. The largest absolute Gasteiger partial charge is 0.462 e. The van der Waals surface area contributed by atoms with Gasteiger partial charge in [-0.2, -0.15) is 0 Å². The lowest BCUT2D eigenvalue weighted by atomic mass is 9.41. The first-order chi connectivity index (χ1) is 25.0. The molecular formula is C47H82O6. The molecule has 0 unspecified atom stereocenters. The highest BCUT2D eigenvalue weighted by atomic mass is 16.7. The molecular weight excluding hydrogens is 661 g/mol. The van der Waals surface area contributed by atoms with Crippen LogP contribution in [0.5, 0.6) is 0 Å². The van der Waals surface area contributed by atoms with Crippen LogP contribution in [0, 0.1) is 45.3 Å². The standard InChI is InChI=1S/C47H82O6/c1-10-11-12-13-14-15-16-17-18-19-20-21-22-23-40(48)53-39-28-29-45(6)35-27-31-46(7)34(33-32-37(52-42(33)51-9)41(49)44(4,5)50)26-30-47(46,8)36(35)24-25-38(45)43(39,2)3/h24,33-35,37-39,41-42,49-50H,10-23,25-32H2,1-9H3/t33-,34-,35-,37+,38-,39-,41-,42+,45+,46-,47+/m0/s1. The Bertz CT molecular complexity index is 1220. The number of aliphatic hydroxyl groups is 2. The second kappa shape index (κ2) is 17.7. The summed E-state index contributed by atoms with van der Waals surface area (Å²) in [5, 5.41) is 21.5. The molecule has 0 spiro atoms. The molecule has 3 saturated carbocycles. The highest BCUT2D eigenvalue weighted by Crippen LogP contribution is 2.74. The van der Waals surface area contributed by atoms with Crippen molar-refractivity contribution >= 4 is 5.97 Å². The van der Waals surface area contributed by atoms with Crippen molar-refractivity contribution in [1.82, 2.24) is 0 Å². The van der Waals surface area contributed by atoms with Gasteiger partial charge in [-0.05, 0) is 106 Å². The van der Waals surface area contributed by atoms with E-state index in [2.05, 4.69) is 47.6 Å². The highest BCUT2D eigenvalue weighted by Gasteiger charge is 2.67. The Kier molecular flexibility index (Phi) is 14.4. The van der Waals surface area contributed by atoms with E-state index < -0.39 is 17.8 Å². The molecule has 1 heterocycles. The summed E-state index contributed by atoms with van der Waals surface area (Å²) in [5.74, 6) is 1.69. The van der Waals surface area contributed by atoms with Crippen LogP contribution in [-0.4, -0.2) is 53.5 Å². The van der Waals surface area contributed by atoms with E-state index in [-0.39, 0.29) is 45.9 Å². The van der Waals surface area contributed by atoms with Crippen LogP contribution in [0.1, 0.15) is 197 Å². The summed E-state index contributed by atoms with van der Waals surface area (Å²) < 4.78 is 18.6. The van der Waals surface area contributed by atoms with Crippen LogP contribution in [0.3, 0.4) is 0 Å². The van der Waals surface area contributed by atoms with Gasteiger partial charge in [0.2, 0.25) is 0 Å². The van der Waals surface area contributed by atoms with Gasteiger partial charge in [0.15, 0.2) is 6.29 Å². The van der Waals surface area contributed by atoms with Gasteiger partial charge in [-0.15, -0.1) is 0 Å². The van der Waals surface area contributed by atoms with Crippen molar-refractivity contribution in [2.45, 2.75) is 227 Å². The summed E-state index contributed by atoms with van der Waals surface area (Å²) in [5.41, 5.74) is 0.835. The van der Waals surface area contributed by atoms with Gasteiger partial charge in [0.25, 0.3) is 0 Å². The quantitative estimate of drug-likeness (QED) is 0.0779. The normalized spacial score (nSPS) is 38.5. The fourth-order valence-electron chi connectivity index (χ4n) is 13.1. The van der Waals surface area contributed by atoms with Gasteiger partial charge in [-0.25, -0.2) is 0 Å². The number of methoxy groups -OCH3 is 1. The zero-order valence-electron chi connectivity index (χ0n) is 35.8. The van der Waals surface area contributed by atoms with Crippen molar-refractivity contribution in [3.05, 3.63) is 11.6 Å². The third kappa shape index (κ3) is 8.81. The van der Waals surface area contributed by atoms with Crippen molar-refractivity contribution in [2.24, 2.45) is 45.3 Å². The molecule has 1 aliphatic heterocycles. The molecule has 6 nitrogen and oxygen atoms in total. The van der Waals surface area contributed by atoms with E-state index >= 15 is 0 Å². The third-order valence-corrected chi connectivity index (χ3v) is 16.6. The molecule has 0 aromatic carbocycles. The summed E-state index contributed by atoms with van der Waals surface area (Å²) in [6.45, 7) is 18.1. The number of carbonyl (C=O) groups excluding carboxylic acids is 1. The number of hydrogen-bond donors (Lipinski definition) is 2. The van der Waals surface area contributed by atoms with Gasteiger partial charge in [-0.3, -0.25) is 4.79 Å². The molecule has 0 radical (unpaired) electrons. The van der Waals surface area contributed by atoms with E-state index in [1.807, 2.05) is 0 Å². The summed E-state index contributed by atoms with van der Waals surface area (Å²) in [6, 6.07) is 0. The zero-order chi connectivity index (χ0) is 38.7. The maximum atomic E-state index is 13.2. The number of aliphatic hydroxyl groups excluding tert-OH is 1. The number of ether oxygens (including phenoxy) is 3. The number of carbonyl (C=O) groups is 1. The molecule has 306 valence electrons. The smallest absolute Gasteiger partial charge is 0.306 e. The summed E-state index contributed by atoms with van der Waals surface area (Å²) in [7, 11) is 1.73. The Labute approximate surface area is 325 Å². The van der Waals surface area contributed by atoms with Crippen LogP contribution >= 0.6 is 0 Å². The topological polar surface area (TPSA) is 85.2 Å². The zero-order valence-corrected chi connectivity index (χ0v) is 35.8. The van der Waals surface area contributed by atoms with Gasteiger partial charge in [0.1, 0.15) is 12.2 Å². The average Bonchev–Trinajstić information content (AvgIpc) is 3.65. The van der Waals surface area contributed by atoms with E-state index in [0.717, 1.165) is 44.9 Å². The van der Waals surface area contributed by atoms with Crippen LogP contribution in [0.4, 0.5) is 0 Å². The minimum atomic E-state index is -1.22. The molecule has 6 heteroatoms. The molecule has 4 aliphatic carbocycles. The van der Waals surface area contributed by atoms with Crippen LogP contribution in [0.25, 0.3) is 0 Å².